The number of rotatable bonds is 7. The first kappa shape index (κ1) is 17.0. The van der Waals surface area contributed by atoms with Crippen molar-refractivity contribution in [2.45, 2.75) is 27.2 Å². The van der Waals surface area contributed by atoms with Crippen molar-refractivity contribution in [3.8, 4) is 5.69 Å². The molecule has 0 fully saturated rings. The van der Waals surface area contributed by atoms with Crippen LogP contribution >= 0.6 is 0 Å². The molecule has 2 N–H and O–H groups in total. The highest BCUT2D eigenvalue weighted by Crippen LogP contribution is 2.16. The Kier molecular flexibility index (Phi) is 6.17. The second-order valence-electron chi connectivity index (χ2n) is 5.32. The van der Waals surface area contributed by atoms with E-state index in [9.17, 15) is 4.79 Å². The standard InChI is InChI=1S/C17H24N4O2/c1-4-23-10-6-9-18-17(22)19-15-7-5-8-16(12-15)21-14(3)11-13(2)20-21/h5,7-8,11-12H,4,6,9-10H2,1-3H3,(H2,18,19,22). The normalized spacial score (nSPS) is 10.6. The second-order valence-corrected chi connectivity index (χ2v) is 5.32. The largest absolute Gasteiger partial charge is 0.382 e. The number of carbonyl (C=O) groups is 1. The van der Waals surface area contributed by atoms with Gasteiger partial charge in [-0.1, -0.05) is 6.07 Å². The zero-order chi connectivity index (χ0) is 16.7. The molecule has 0 saturated heterocycles. The lowest BCUT2D eigenvalue weighted by molar-refractivity contribution is 0.145. The Labute approximate surface area is 136 Å². The summed E-state index contributed by atoms with van der Waals surface area (Å²) in [7, 11) is 0. The van der Waals surface area contributed by atoms with Crippen LogP contribution in [0.2, 0.25) is 0 Å². The van der Waals surface area contributed by atoms with Crippen LogP contribution in [-0.2, 0) is 4.74 Å². The van der Waals surface area contributed by atoms with Crippen LogP contribution < -0.4 is 10.6 Å². The number of amides is 2. The highest BCUT2D eigenvalue weighted by molar-refractivity contribution is 5.89. The molecule has 6 nitrogen and oxygen atoms in total. The number of nitrogens with one attached hydrogen (secondary N) is 2. The molecule has 0 radical (unpaired) electrons. The van der Waals surface area contributed by atoms with Crippen LogP contribution in [0.25, 0.3) is 5.69 Å². The van der Waals surface area contributed by atoms with Gasteiger partial charge in [0.15, 0.2) is 0 Å². The van der Waals surface area contributed by atoms with Gasteiger partial charge in [0.1, 0.15) is 0 Å². The van der Waals surface area contributed by atoms with Crippen LogP contribution in [-0.4, -0.2) is 35.6 Å². The number of carbonyl (C=O) groups excluding carboxylic acids is 1. The summed E-state index contributed by atoms with van der Waals surface area (Å²) in [6.45, 7) is 7.86. The lowest BCUT2D eigenvalue weighted by Gasteiger charge is -2.10. The number of hydrogen-bond donors (Lipinski definition) is 2. The molecule has 0 aliphatic carbocycles. The van der Waals surface area contributed by atoms with Gasteiger partial charge in [-0.15, -0.1) is 0 Å². The molecular formula is C17H24N4O2. The summed E-state index contributed by atoms with van der Waals surface area (Å²) in [6.07, 6.45) is 0.799. The monoisotopic (exact) mass is 316 g/mol. The molecular weight excluding hydrogens is 292 g/mol. The van der Waals surface area contributed by atoms with Crippen LogP contribution in [0.1, 0.15) is 24.7 Å². The molecule has 23 heavy (non-hydrogen) atoms. The molecule has 0 saturated carbocycles. The van der Waals surface area contributed by atoms with Gasteiger partial charge in [0, 0.05) is 31.1 Å². The molecule has 0 bridgehead atoms. The van der Waals surface area contributed by atoms with Gasteiger partial charge in [0.05, 0.1) is 11.4 Å². The molecule has 0 aliphatic rings. The van der Waals surface area contributed by atoms with Gasteiger partial charge in [-0.25, -0.2) is 9.48 Å². The fourth-order valence-corrected chi connectivity index (χ4v) is 2.30. The third-order valence-corrected chi connectivity index (χ3v) is 3.31. The SMILES string of the molecule is CCOCCCNC(=O)Nc1cccc(-n2nc(C)cc2C)c1. The lowest BCUT2D eigenvalue weighted by Crippen LogP contribution is -2.30. The predicted molar refractivity (Wildman–Crippen MR) is 91.2 cm³/mol. The highest BCUT2D eigenvalue weighted by Gasteiger charge is 2.06. The van der Waals surface area contributed by atoms with E-state index >= 15 is 0 Å². The van der Waals surface area contributed by atoms with E-state index in [2.05, 4.69) is 15.7 Å². The zero-order valence-electron chi connectivity index (χ0n) is 13.9. The Morgan fingerprint density at radius 3 is 2.83 bits per heavy atom. The van der Waals surface area contributed by atoms with Crippen LogP contribution in [0, 0.1) is 13.8 Å². The second kappa shape index (κ2) is 8.33. The number of nitrogens with zero attached hydrogens (tertiary/aromatic N) is 2. The number of urea groups is 1. The molecule has 1 aromatic heterocycles. The van der Waals surface area contributed by atoms with Crippen LogP contribution in [0.5, 0.6) is 0 Å². The van der Waals surface area contributed by atoms with Gasteiger partial charge >= 0.3 is 6.03 Å². The van der Waals surface area contributed by atoms with Crippen LogP contribution in [0.15, 0.2) is 30.3 Å². The van der Waals surface area contributed by atoms with Crippen LogP contribution in [0.3, 0.4) is 0 Å². The number of aromatic nitrogens is 2. The molecule has 1 heterocycles. The van der Waals surface area contributed by atoms with E-state index in [1.165, 1.54) is 0 Å². The summed E-state index contributed by atoms with van der Waals surface area (Å²) < 4.78 is 7.09. The third-order valence-electron chi connectivity index (χ3n) is 3.31. The van der Waals surface area contributed by atoms with Crippen molar-refractivity contribution >= 4 is 11.7 Å². The third kappa shape index (κ3) is 5.10. The quantitative estimate of drug-likeness (QED) is 0.772. The molecule has 0 spiro atoms. The number of aryl methyl sites for hydroxylation is 2. The number of benzene rings is 1. The van der Waals surface area contributed by atoms with Gasteiger partial charge in [-0.05, 0) is 51.5 Å². The first-order valence-corrected chi connectivity index (χ1v) is 7.86. The van der Waals surface area contributed by atoms with Gasteiger partial charge in [-0.3, -0.25) is 0 Å². The molecule has 124 valence electrons. The highest BCUT2D eigenvalue weighted by atomic mass is 16.5. The summed E-state index contributed by atoms with van der Waals surface area (Å²) in [5.41, 5.74) is 3.68. The molecule has 0 unspecified atom stereocenters. The maximum atomic E-state index is 11.9. The first-order chi connectivity index (χ1) is 11.1. The predicted octanol–water partition coefficient (Wildman–Crippen LogP) is 3.04. The zero-order valence-corrected chi connectivity index (χ0v) is 13.9. The van der Waals surface area contributed by atoms with Crippen molar-refractivity contribution in [1.82, 2.24) is 15.1 Å². The van der Waals surface area contributed by atoms with Crippen molar-refractivity contribution in [3.63, 3.8) is 0 Å². The van der Waals surface area contributed by atoms with Gasteiger partial charge < -0.3 is 15.4 Å². The molecule has 2 amide bonds. The van der Waals surface area contributed by atoms with Crippen molar-refractivity contribution < 1.29 is 9.53 Å². The lowest BCUT2D eigenvalue weighted by atomic mass is 10.2. The van der Waals surface area contributed by atoms with Crippen molar-refractivity contribution in [2.24, 2.45) is 0 Å². The van der Waals surface area contributed by atoms with E-state index in [4.69, 9.17) is 4.74 Å². The minimum absolute atomic E-state index is 0.216. The number of ether oxygens (including phenoxy) is 1. The van der Waals surface area contributed by atoms with Gasteiger partial charge in [0.2, 0.25) is 0 Å². The van der Waals surface area contributed by atoms with Gasteiger partial charge in [0.25, 0.3) is 0 Å². The van der Waals surface area contributed by atoms with E-state index in [0.717, 1.165) is 29.2 Å². The minimum atomic E-state index is -0.216. The van der Waals surface area contributed by atoms with E-state index in [-0.39, 0.29) is 6.03 Å². The average Bonchev–Trinajstić information content (AvgIpc) is 2.86. The Hall–Kier alpha value is -2.34. The average molecular weight is 316 g/mol. The van der Waals surface area contributed by atoms with Crippen molar-refractivity contribution in [3.05, 3.63) is 41.7 Å². The van der Waals surface area contributed by atoms with E-state index in [0.29, 0.717) is 19.8 Å². The fraction of sp³-hybridized carbons (Fsp3) is 0.412. The van der Waals surface area contributed by atoms with Crippen LogP contribution in [0.4, 0.5) is 10.5 Å². The van der Waals surface area contributed by atoms with Gasteiger partial charge in [-0.2, -0.15) is 5.10 Å². The Morgan fingerprint density at radius 2 is 2.13 bits per heavy atom. The van der Waals surface area contributed by atoms with Crippen molar-refractivity contribution in [1.29, 1.82) is 0 Å². The topological polar surface area (TPSA) is 68.2 Å². The summed E-state index contributed by atoms with van der Waals surface area (Å²) in [5.74, 6) is 0. The minimum Gasteiger partial charge on any atom is -0.382 e. The number of anilines is 1. The Bertz CT molecular complexity index is 652. The smallest absolute Gasteiger partial charge is 0.319 e. The Balaban J connectivity index is 1.92. The first-order valence-electron chi connectivity index (χ1n) is 7.86. The van der Waals surface area contributed by atoms with Crippen molar-refractivity contribution in [2.75, 3.05) is 25.1 Å². The summed E-state index contributed by atoms with van der Waals surface area (Å²) in [4.78, 5) is 11.9. The van der Waals surface area contributed by atoms with E-state index in [1.54, 1.807) is 0 Å². The summed E-state index contributed by atoms with van der Waals surface area (Å²) >= 11 is 0. The molecule has 0 atom stereocenters. The fourth-order valence-electron chi connectivity index (χ4n) is 2.30. The number of hydrogen-bond acceptors (Lipinski definition) is 3. The maximum Gasteiger partial charge on any atom is 0.319 e. The van der Waals surface area contributed by atoms with E-state index in [1.807, 2.05) is 55.8 Å². The molecule has 1 aromatic carbocycles. The summed E-state index contributed by atoms with van der Waals surface area (Å²) in [5, 5.41) is 10.1. The molecule has 6 heteroatoms. The molecule has 2 rings (SSSR count). The Morgan fingerprint density at radius 1 is 1.30 bits per heavy atom. The molecule has 0 aliphatic heterocycles. The maximum absolute atomic E-state index is 11.9. The molecule has 2 aromatic rings. The summed E-state index contributed by atoms with van der Waals surface area (Å²) in [6, 6.07) is 9.42. The van der Waals surface area contributed by atoms with E-state index < -0.39 is 0 Å².